The van der Waals surface area contributed by atoms with Gasteiger partial charge < -0.3 is 0 Å². The second kappa shape index (κ2) is 6.13. The lowest BCUT2D eigenvalue weighted by Gasteiger charge is -2.15. The molecule has 0 amide bonds. The van der Waals surface area contributed by atoms with Crippen molar-refractivity contribution in [3.8, 4) is 11.1 Å². The quantitative estimate of drug-likeness (QED) is 0.352. The van der Waals surface area contributed by atoms with Gasteiger partial charge in [-0.1, -0.05) is 86.6 Å². The van der Waals surface area contributed by atoms with Crippen LogP contribution in [0.5, 0.6) is 0 Å². The fourth-order valence-corrected chi connectivity index (χ4v) is 3.56. The number of fused-ring (bicyclic) bond motifs is 2. The Labute approximate surface area is 143 Å². The van der Waals surface area contributed by atoms with Gasteiger partial charge in [-0.2, -0.15) is 0 Å². The first-order chi connectivity index (χ1) is 11.8. The summed E-state index contributed by atoms with van der Waals surface area (Å²) in [6.45, 7) is 4.56. The van der Waals surface area contributed by atoms with Crippen LogP contribution in [0.3, 0.4) is 0 Å². The highest BCUT2D eigenvalue weighted by Gasteiger charge is 2.11. The van der Waals surface area contributed by atoms with E-state index in [1.54, 1.807) is 0 Å². The molecule has 0 aliphatic heterocycles. The Hall–Kier alpha value is -2.60. The number of hydrogen-bond donors (Lipinski definition) is 0. The summed E-state index contributed by atoms with van der Waals surface area (Å²) in [5.74, 6) is 0.589. The van der Waals surface area contributed by atoms with E-state index < -0.39 is 0 Å². The molecule has 0 aromatic heterocycles. The molecule has 0 spiro atoms. The predicted molar refractivity (Wildman–Crippen MR) is 106 cm³/mol. The van der Waals surface area contributed by atoms with Crippen LogP contribution in [-0.4, -0.2) is 0 Å². The monoisotopic (exact) mass is 310 g/mol. The molecule has 4 rings (SSSR count). The van der Waals surface area contributed by atoms with E-state index in [4.69, 9.17) is 0 Å². The molecule has 4 aromatic rings. The molecular weight excluding hydrogens is 288 g/mol. The summed E-state index contributed by atoms with van der Waals surface area (Å²) in [7, 11) is 0. The number of hydrogen-bond acceptors (Lipinski definition) is 0. The second-order valence-electron chi connectivity index (χ2n) is 6.63. The molecular formula is C24H22. The smallest absolute Gasteiger partial charge is 0.00267 e. The maximum Gasteiger partial charge on any atom is -0.00267 e. The highest BCUT2D eigenvalue weighted by molar-refractivity contribution is 6.12. The van der Waals surface area contributed by atoms with Crippen molar-refractivity contribution in [2.45, 2.75) is 26.2 Å². The van der Waals surface area contributed by atoms with E-state index in [1.807, 2.05) is 0 Å². The van der Waals surface area contributed by atoms with Crippen molar-refractivity contribution in [2.24, 2.45) is 0 Å². The third kappa shape index (κ3) is 2.49. The third-order valence-electron chi connectivity index (χ3n) is 5.13. The van der Waals surface area contributed by atoms with Crippen molar-refractivity contribution in [3.63, 3.8) is 0 Å². The van der Waals surface area contributed by atoms with Crippen LogP contribution in [0.4, 0.5) is 0 Å². The van der Waals surface area contributed by atoms with Crippen molar-refractivity contribution in [1.82, 2.24) is 0 Å². The van der Waals surface area contributed by atoms with E-state index in [0.29, 0.717) is 5.92 Å². The van der Waals surface area contributed by atoms with E-state index in [2.05, 4.69) is 92.7 Å². The Morgan fingerprint density at radius 3 is 1.96 bits per heavy atom. The Kier molecular flexibility index (Phi) is 3.82. The summed E-state index contributed by atoms with van der Waals surface area (Å²) >= 11 is 0. The molecule has 0 heteroatoms. The molecule has 1 atom stereocenters. The van der Waals surface area contributed by atoms with Gasteiger partial charge in [0.1, 0.15) is 0 Å². The summed E-state index contributed by atoms with van der Waals surface area (Å²) in [6.07, 6.45) is 1.17. The predicted octanol–water partition coefficient (Wildman–Crippen LogP) is 7.17. The summed E-state index contributed by atoms with van der Waals surface area (Å²) in [5, 5.41) is 5.27. The first kappa shape index (κ1) is 15.0. The van der Waals surface area contributed by atoms with Crippen molar-refractivity contribution < 1.29 is 0 Å². The zero-order valence-corrected chi connectivity index (χ0v) is 14.3. The molecule has 0 heterocycles. The van der Waals surface area contributed by atoms with Gasteiger partial charge in [0, 0.05) is 0 Å². The Balaban J connectivity index is 2.07. The highest BCUT2D eigenvalue weighted by atomic mass is 14.1. The molecule has 0 saturated carbocycles. The molecule has 0 bridgehead atoms. The van der Waals surface area contributed by atoms with Crippen LogP contribution < -0.4 is 0 Å². The van der Waals surface area contributed by atoms with Gasteiger partial charge in [-0.25, -0.2) is 0 Å². The van der Waals surface area contributed by atoms with Crippen LogP contribution in [0.25, 0.3) is 32.7 Å². The summed E-state index contributed by atoms with van der Waals surface area (Å²) < 4.78 is 0. The molecule has 24 heavy (non-hydrogen) atoms. The van der Waals surface area contributed by atoms with Gasteiger partial charge in [0.05, 0.1) is 0 Å². The largest absolute Gasteiger partial charge is 0.0648 e. The normalized spacial score (nSPS) is 12.6. The van der Waals surface area contributed by atoms with Crippen LogP contribution in [0, 0.1) is 0 Å². The number of benzene rings is 4. The molecule has 0 saturated heterocycles. The van der Waals surface area contributed by atoms with Gasteiger partial charge in [0.2, 0.25) is 0 Å². The molecule has 0 fully saturated rings. The van der Waals surface area contributed by atoms with Gasteiger partial charge in [-0.05, 0) is 56.6 Å². The lowest BCUT2D eigenvalue weighted by molar-refractivity contribution is 0.734. The SMILES string of the molecule is CCC(C)c1cccc(-c2c3ccccc3cc3ccccc23)c1. The fraction of sp³-hybridized carbons (Fsp3) is 0.167. The van der Waals surface area contributed by atoms with Gasteiger partial charge in [0.25, 0.3) is 0 Å². The van der Waals surface area contributed by atoms with Crippen molar-refractivity contribution in [3.05, 3.63) is 84.4 Å². The van der Waals surface area contributed by atoms with Crippen molar-refractivity contribution in [2.75, 3.05) is 0 Å². The van der Waals surface area contributed by atoms with Gasteiger partial charge in [-0.3, -0.25) is 0 Å². The summed E-state index contributed by atoms with van der Waals surface area (Å²) in [5.41, 5.74) is 4.10. The van der Waals surface area contributed by atoms with Crippen LogP contribution >= 0.6 is 0 Å². The molecule has 4 aromatic carbocycles. The average molecular weight is 310 g/mol. The van der Waals surface area contributed by atoms with E-state index in [1.165, 1.54) is 44.7 Å². The van der Waals surface area contributed by atoms with E-state index >= 15 is 0 Å². The lowest BCUT2D eigenvalue weighted by Crippen LogP contribution is -1.92. The molecule has 1 unspecified atom stereocenters. The molecule has 0 N–H and O–H groups in total. The van der Waals surface area contributed by atoms with Crippen LogP contribution in [-0.2, 0) is 0 Å². The van der Waals surface area contributed by atoms with Gasteiger partial charge >= 0.3 is 0 Å². The molecule has 0 aliphatic carbocycles. The summed E-state index contributed by atoms with van der Waals surface area (Å²) in [6, 6.07) is 28.8. The Morgan fingerprint density at radius 2 is 1.33 bits per heavy atom. The zero-order valence-electron chi connectivity index (χ0n) is 14.3. The molecule has 118 valence electrons. The van der Waals surface area contributed by atoms with Crippen LogP contribution in [0.1, 0.15) is 31.7 Å². The van der Waals surface area contributed by atoms with Crippen LogP contribution in [0.2, 0.25) is 0 Å². The topological polar surface area (TPSA) is 0 Å². The van der Waals surface area contributed by atoms with Gasteiger partial charge in [0.15, 0.2) is 0 Å². The average Bonchev–Trinajstić information content (AvgIpc) is 2.65. The van der Waals surface area contributed by atoms with E-state index in [9.17, 15) is 0 Å². The molecule has 0 nitrogen and oxygen atoms in total. The third-order valence-corrected chi connectivity index (χ3v) is 5.13. The minimum absolute atomic E-state index is 0.589. The van der Waals surface area contributed by atoms with E-state index in [0.717, 1.165) is 0 Å². The molecule has 0 radical (unpaired) electrons. The molecule has 0 aliphatic rings. The first-order valence-electron chi connectivity index (χ1n) is 8.78. The zero-order chi connectivity index (χ0) is 16.5. The Bertz CT molecular complexity index is 957. The first-order valence-corrected chi connectivity index (χ1v) is 8.78. The van der Waals surface area contributed by atoms with E-state index in [-0.39, 0.29) is 0 Å². The maximum atomic E-state index is 2.38. The second-order valence-corrected chi connectivity index (χ2v) is 6.63. The maximum absolute atomic E-state index is 2.38. The Morgan fingerprint density at radius 1 is 0.708 bits per heavy atom. The minimum Gasteiger partial charge on any atom is -0.0648 e. The lowest BCUT2D eigenvalue weighted by atomic mass is 9.89. The fourth-order valence-electron chi connectivity index (χ4n) is 3.56. The standard InChI is InChI=1S/C24H22/c1-3-17(2)18-11-8-12-21(15-18)24-22-13-6-4-9-19(22)16-20-10-5-7-14-23(20)24/h4-17H,3H2,1-2H3. The van der Waals surface area contributed by atoms with Crippen molar-refractivity contribution >= 4 is 21.5 Å². The van der Waals surface area contributed by atoms with Crippen molar-refractivity contribution in [1.29, 1.82) is 0 Å². The van der Waals surface area contributed by atoms with Crippen LogP contribution in [0.15, 0.2) is 78.9 Å². The minimum atomic E-state index is 0.589. The van der Waals surface area contributed by atoms with Gasteiger partial charge in [-0.15, -0.1) is 0 Å². The summed E-state index contributed by atoms with van der Waals surface area (Å²) in [4.78, 5) is 0. The number of rotatable bonds is 3. The highest BCUT2D eigenvalue weighted by Crippen LogP contribution is 2.37.